The lowest BCUT2D eigenvalue weighted by atomic mass is 10.2. The molecule has 0 saturated carbocycles. The first kappa shape index (κ1) is 9.11. The minimum atomic E-state index is 0. The molecule has 4 heteroatoms. The van der Waals surface area contributed by atoms with E-state index in [4.69, 9.17) is 5.73 Å². The lowest BCUT2D eigenvalue weighted by Crippen LogP contribution is -2.15. The van der Waals surface area contributed by atoms with Crippen LogP contribution >= 0.6 is 24.2 Å². The Hall–Kier alpha value is 0.110. The summed E-state index contributed by atoms with van der Waals surface area (Å²) >= 11 is 1.65. The maximum Gasteiger partial charge on any atom is 0.154 e. The highest BCUT2D eigenvalue weighted by atomic mass is 35.5. The number of halogens is 1. The van der Waals surface area contributed by atoms with Gasteiger partial charge in [-0.2, -0.15) is 0 Å². The first-order valence-corrected chi connectivity index (χ1v) is 3.41. The van der Waals surface area contributed by atoms with Crippen LogP contribution in [0.1, 0.15) is 13.8 Å². The predicted octanol–water partition coefficient (Wildman–Crippen LogP) is 1.25. The summed E-state index contributed by atoms with van der Waals surface area (Å²) in [6.07, 6.45) is 0. The summed E-state index contributed by atoms with van der Waals surface area (Å²) in [7, 11) is 0. The smallest absolute Gasteiger partial charge is 0.154 e. The molecule has 2 N–H and O–H groups in total. The van der Waals surface area contributed by atoms with E-state index in [1.165, 1.54) is 0 Å². The lowest BCUT2D eigenvalue weighted by Gasteiger charge is -2.11. The van der Waals surface area contributed by atoms with Gasteiger partial charge in [0, 0.05) is 4.75 Å². The van der Waals surface area contributed by atoms with Crippen LogP contribution in [0.25, 0.3) is 0 Å². The summed E-state index contributed by atoms with van der Waals surface area (Å²) in [6.45, 7) is 5.14. The molecule has 0 radical (unpaired) electrons. The lowest BCUT2D eigenvalue weighted by molar-refractivity contribution is 0.741. The molecule has 9 heavy (non-hydrogen) atoms. The second-order valence-electron chi connectivity index (χ2n) is 2.52. The minimum absolute atomic E-state index is 0. The van der Waals surface area contributed by atoms with Gasteiger partial charge in [-0.3, -0.25) is 4.99 Å². The Balaban J connectivity index is 0.000000640. The number of aliphatic imine (C=N–C) groups is 1. The molecular weight excluding hydrogens is 156 g/mol. The number of rotatable bonds is 0. The molecule has 0 atom stereocenters. The number of hydrogen-bond acceptors (Lipinski definition) is 3. The molecule has 1 aliphatic heterocycles. The van der Waals surface area contributed by atoms with Crippen LogP contribution in [0.4, 0.5) is 0 Å². The van der Waals surface area contributed by atoms with Crippen molar-refractivity contribution < 1.29 is 0 Å². The van der Waals surface area contributed by atoms with Crippen molar-refractivity contribution >= 4 is 29.3 Å². The van der Waals surface area contributed by atoms with Crippen molar-refractivity contribution in [2.24, 2.45) is 10.7 Å². The Bertz CT molecular complexity index is 133. The zero-order valence-electron chi connectivity index (χ0n) is 5.55. The number of hydrogen-bond donors (Lipinski definition) is 1. The van der Waals surface area contributed by atoms with Crippen molar-refractivity contribution in [3.8, 4) is 0 Å². The van der Waals surface area contributed by atoms with Crippen molar-refractivity contribution in [3.63, 3.8) is 0 Å². The zero-order valence-corrected chi connectivity index (χ0v) is 7.18. The molecule has 0 aliphatic carbocycles. The fourth-order valence-corrected chi connectivity index (χ4v) is 1.44. The van der Waals surface area contributed by atoms with E-state index in [1.54, 1.807) is 11.8 Å². The fourth-order valence-electron chi connectivity index (χ4n) is 0.616. The Morgan fingerprint density at radius 2 is 2.22 bits per heavy atom. The minimum Gasteiger partial charge on any atom is -0.379 e. The van der Waals surface area contributed by atoms with Crippen LogP contribution in [-0.4, -0.2) is 16.5 Å². The maximum absolute atomic E-state index is 5.42. The van der Waals surface area contributed by atoms with E-state index in [2.05, 4.69) is 18.8 Å². The molecule has 0 aromatic carbocycles. The second kappa shape index (κ2) is 2.80. The van der Waals surface area contributed by atoms with Crippen molar-refractivity contribution in [1.82, 2.24) is 0 Å². The van der Waals surface area contributed by atoms with Gasteiger partial charge in [-0.25, -0.2) is 0 Å². The molecule has 0 aromatic rings. The van der Waals surface area contributed by atoms with Crippen LogP contribution in [0.3, 0.4) is 0 Å². The van der Waals surface area contributed by atoms with Gasteiger partial charge in [0.2, 0.25) is 0 Å². The van der Waals surface area contributed by atoms with E-state index in [-0.39, 0.29) is 17.2 Å². The Labute approximate surface area is 65.7 Å². The summed E-state index contributed by atoms with van der Waals surface area (Å²) in [6, 6.07) is 0. The van der Waals surface area contributed by atoms with Crippen molar-refractivity contribution in [2.45, 2.75) is 18.6 Å². The highest BCUT2D eigenvalue weighted by Crippen LogP contribution is 2.29. The standard InChI is InChI=1S/C5H10N2S.ClH/c1-5(2)3-7-4(6)8-5;/h3H2,1-2H3,(H2,6,7);1H. The van der Waals surface area contributed by atoms with Gasteiger partial charge in [0.25, 0.3) is 0 Å². The summed E-state index contributed by atoms with van der Waals surface area (Å²) in [5, 5.41) is 0.731. The number of nitrogens with two attached hydrogens (primary N) is 1. The molecule has 0 bridgehead atoms. The summed E-state index contributed by atoms with van der Waals surface area (Å²) in [5.74, 6) is 0. The third-order valence-corrected chi connectivity index (χ3v) is 2.02. The van der Waals surface area contributed by atoms with Crippen LogP contribution in [0.2, 0.25) is 0 Å². The number of thioether (sulfide) groups is 1. The van der Waals surface area contributed by atoms with Crippen LogP contribution in [-0.2, 0) is 0 Å². The monoisotopic (exact) mass is 166 g/mol. The molecule has 2 nitrogen and oxygen atoms in total. The Kier molecular flexibility index (Phi) is 2.83. The molecule has 0 fully saturated rings. The van der Waals surface area contributed by atoms with E-state index in [0.717, 1.165) is 11.7 Å². The van der Waals surface area contributed by atoms with Crippen LogP contribution in [0.15, 0.2) is 4.99 Å². The highest BCUT2D eigenvalue weighted by Gasteiger charge is 2.24. The molecule has 1 aliphatic rings. The normalized spacial score (nSPS) is 22.7. The van der Waals surface area contributed by atoms with E-state index in [1.807, 2.05) is 0 Å². The van der Waals surface area contributed by atoms with Gasteiger partial charge in [0.1, 0.15) is 0 Å². The van der Waals surface area contributed by atoms with Gasteiger partial charge >= 0.3 is 0 Å². The van der Waals surface area contributed by atoms with Crippen LogP contribution in [0.5, 0.6) is 0 Å². The Morgan fingerprint density at radius 1 is 1.67 bits per heavy atom. The first-order valence-electron chi connectivity index (χ1n) is 2.59. The SMILES string of the molecule is CC1(C)CN=C(N)S1.Cl. The summed E-state index contributed by atoms with van der Waals surface area (Å²) < 4.78 is 0.254. The molecule has 0 saturated heterocycles. The number of nitrogens with zero attached hydrogens (tertiary/aromatic N) is 1. The summed E-state index contributed by atoms with van der Waals surface area (Å²) in [4.78, 5) is 4.05. The molecule has 0 spiro atoms. The Morgan fingerprint density at radius 3 is 2.33 bits per heavy atom. The average Bonchev–Trinajstić information content (AvgIpc) is 1.82. The van der Waals surface area contributed by atoms with E-state index < -0.39 is 0 Å². The van der Waals surface area contributed by atoms with Gasteiger partial charge in [-0.15, -0.1) is 12.4 Å². The van der Waals surface area contributed by atoms with Gasteiger partial charge in [-0.05, 0) is 13.8 Å². The topological polar surface area (TPSA) is 38.4 Å². The van der Waals surface area contributed by atoms with Crippen molar-refractivity contribution in [1.29, 1.82) is 0 Å². The molecule has 0 aromatic heterocycles. The quantitative estimate of drug-likeness (QED) is 0.588. The predicted molar refractivity (Wildman–Crippen MR) is 45.4 cm³/mol. The second-order valence-corrected chi connectivity index (χ2v) is 4.24. The van der Waals surface area contributed by atoms with Gasteiger partial charge in [0.05, 0.1) is 6.54 Å². The van der Waals surface area contributed by atoms with Gasteiger partial charge in [0.15, 0.2) is 5.17 Å². The molecule has 1 heterocycles. The average molecular weight is 167 g/mol. The van der Waals surface area contributed by atoms with Crippen molar-refractivity contribution in [2.75, 3.05) is 6.54 Å². The van der Waals surface area contributed by atoms with Crippen LogP contribution < -0.4 is 5.73 Å². The zero-order chi connectivity index (χ0) is 6.20. The molecule has 54 valence electrons. The van der Waals surface area contributed by atoms with E-state index in [9.17, 15) is 0 Å². The highest BCUT2D eigenvalue weighted by molar-refractivity contribution is 8.15. The van der Waals surface area contributed by atoms with Gasteiger partial charge < -0.3 is 5.73 Å². The first-order chi connectivity index (χ1) is 3.60. The van der Waals surface area contributed by atoms with Gasteiger partial charge in [-0.1, -0.05) is 11.8 Å². The molecule has 0 amide bonds. The fraction of sp³-hybridized carbons (Fsp3) is 0.800. The molecular formula is C5H11ClN2S. The van der Waals surface area contributed by atoms with E-state index in [0.29, 0.717) is 0 Å². The largest absolute Gasteiger partial charge is 0.379 e. The van der Waals surface area contributed by atoms with Crippen LogP contribution in [0, 0.1) is 0 Å². The molecule has 0 unspecified atom stereocenters. The molecule has 1 rings (SSSR count). The third kappa shape index (κ3) is 2.45. The maximum atomic E-state index is 5.42. The van der Waals surface area contributed by atoms with E-state index >= 15 is 0 Å². The number of amidine groups is 1. The summed E-state index contributed by atoms with van der Waals surface area (Å²) in [5.41, 5.74) is 5.42. The van der Waals surface area contributed by atoms with Crippen molar-refractivity contribution in [3.05, 3.63) is 0 Å². The third-order valence-electron chi connectivity index (χ3n) is 0.997.